The smallest absolute Gasteiger partial charge is 0.254 e. The minimum Gasteiger partial charge on any atom is -0.366 e. The maximum Gasteiger partial charge on any atom is 0.254 e. The molecule has 1 aliphatic heterocycles. The van der Waals surface area contributed by atoms with Gasteiger partial charge in [-0.1, -0.05) is 29.3 Å². The lowest BCUT2D eigenvalue weighted by Crippen LogP contribution is -2.45. The molecular formula is C11H12Cl2N2O2. The van der Waals surface area contributed by atoms with Gasteiger partial charge in [-0.15, -0.1) is 0 Å². The van der Waals surface area contributed by atoms with Gasteiger partial charge in [0.05, 0.1) is 22.3 Å². The lowest BCUT2D eigenvalue weighted by molar-refractivity contribution is -0.128. The molecule has 1 aromatic rings. The predicted octanol–water partition coefficient (Wildman–Crippen LogP) is 1.92. The molecule has 0 aromatic heterocycles. The third-order valence-electron chi connectivity index (χ3n) is 2.43. The molecule has 1 unspecified atom stereocenters. The molecule has 1 fully saturated rings. The number of nitrogens with one attached hydrogen (secondary N) is 2. The van der Waals surface area contributed by atoms with Gasteiger partial charge in [0, 0.05) is 13.1 Å². The first kappa shape index (κ1) is 12.6. The van der Waals surface area contributed by atoms with E-state index >= 15 is 0 Å². The summed E-state index contributed by atoms with van der Waals surface area (Å²) in [4.78, 5) is 11.9. The topological polar surface area (TPSA) is 50.4 Å². The van der Waals surface area contributed by atoms with Gasteiger partial charge >= 0.3 is 0 Å². The van der Waals surface area contributed by atoms with Gasteiger partial charge in [0.2, 0.25) is 0 Å². The second-order valence-corrected chi connectivity index (χ2v) is 4.44. The summed E-state index contributed by atoms with van der Waals surface area (Å²) in [6, 6.07) is 5.09. The minimum absolute atomic E-state index is 0.221. The van der Waals surface area contributed by atoms with E-state index in [2.05, 4.69) is 10.6 Å². The van der Waals surface area contributed by atoms with E-state index in [0.29, 0.717) is 28.9 Å². The van der Waals surface area contributed by atoms with Gasteiger partial charge in [0.1, 0.15) is 6.10 Å². The molecule has 1 atom stereocenters. The largest absolute Gasteiger partial charge is 0.366 e. The zero-order chi connectivity index (χ0) is 12.3. The number of ether oxygens (including phenoxy) is 1. The van der Waals surface area contributed by atoms with Gasteiger partial charge in [-0.3, -0.25) is 4.79 Å². The molecule has 0 saturated carbocycles. The van der Waals surface area contributed by atoms with Crippen LogP contribution in [0.25, 0.3) is 0 Å². The second kappa shape index (κ2) is 5.69. The van der Waals surface area contributed by atoms with Crippen molar-refractivity contribution in [1.82, 2.24) is 5.32 Å². The molecule has 2 N–H and O–H groups in total. The first-order chi connectivity index (χ1) is 8.18. The van der Waals surface area contributed by atoms with Crippen LogP contribution in [0.4, 0.5) is 5.69 Å². The minimum atomic E-state index is -0.487. The van der Waals surface area contributed by atoms with Crippen LogP contribution in [0.15, 0.2) is 18.2 Å². The molecular weight excluding hydrogens is 263 g/mol. The van der Waals surface area contributed by atoms with Crippen LogP contribution >= 0.6 is 23.2 Å². The average Bonchev–Trinajstić information content (AvgIpc) is 2.36. The van der Waals surface area contributed by atoms with Gasteiger partial charge in [0.25, 0.3) is 5.91 Å². The molecule has 0 bridgehead atoms. The first-order valence-electron chi connectivity index (χ1n) is 5.25. The van der Waals surface area contributed by atoms with E-state index in [1.165, 1.54) is 0 Å². The Bertz CT molecular complexity index is 420. The quantitative estimate of drug-likeness (QED) is 0.867. The molecule has 0 spiro atoms. The highest BCUT2D eigenvalue weighted by Crippen LogP contribution is 2.29. The van der Waals surface area contributed by atoms with Crippen molar-refractivity contribution in [3.05, 3.63) is 28.2 Å². The molecule has 17 heavy (non-hydrogen) atoms. The monoisotopic (exact) mass is 274 g/mol. The Morgan fingerprint density at radius 1 is 1.47 bits per heavy atom. The number of carbonyl (C=O) groups is 1. The van der Waals surface area contributed by atoms with Crippen molar-refractivity contribution in [3.63, 3.8) is 0 Å². The van der Waals surface area contributed by atoms with Crippen LogP contribution < -0.4 is 10.6 Å². The maximum absolute atomic E-state index is 11.9. The summed E-state index contributed by atoms with van der Waals surface area (Å²) in [6.45, 7) is 1.80. The molecule has 1 aliphatic rings. The fourth-order valence-electron chi connectivity index (χ4n) is 1.55. The normalized spacial score (nSPS) is 20.0. The van der Waals surface area contributed by atoms with Crippen molar-refractivity contribution in [2.75, 3.05) is 25.0 Å². The van der Waals surface area contributed by atoms with Crippen molar-refractivity contribution in [3.8, 4) is 0 Å². The molecule has 1 saturated heterocycles. The van der Waals surface area contributed by atoms with Crippen LogP contribution in [0.1, 0.15) is 0 Å². The number of halogens is 2. The van der Waals surface area contributed by atoms with Gasteiger partial charge in [-0.05, 0) is 12.1 Å². The van der Waals surface area contributed by atoms with E-state index < -0.39 is 6.10 Å². The Morgan fingerprint density at radius 3 is 3.00 bits per heavy atom. The van der Waals surface area contributed by atoms with Gasteiger partial charge in [-0.25, -0.2) is 0 Å². The van der Waals surface area contributed by atoms with E-state index in [9.17, 15) is 4.79 Å². The highest BCUT2D eigenvalue weighted by Gasteiger charge is 2.22. The van der Waals surface area contributed by atoms with Gasteiger partial charge in [0.15, 0.2) is 0 Å². The summed E-state index contributed by atoms with van der Waals surface area (Å²) in [7, 11) is 0. The number of morpholine rings is 1. The Labute approximate surface area is 109 Å². The SMILES string of the molecule is O=C(Nc1cccc(Cl)c1Cl)C1CNCCO1. The first-order valence-corrected chi connectivity index (χ1v) is 6.01. The molecule has 0 aliphatic carbocycles. The molecule has 92 valence electrons. The summed E-state index contributed by atoms with van der Waals surface area (Å²) in [5.41, 5.74) is 0.498. The van der Waals surface area contributed by atoms with Crippen molar-refractivity contribution in [2.45, 2.75) is 6.10 Å². The van der Waals surface area contributed by atoms with Gasteiger partial charge < -0.3 is 15.4 Å². The summed E-state index contributed by atoms with van der Waals surface area (Å²) in [5, 5.41) is 6.53. The predicted molar refractivity (Wildman–Crippen MR) is 67.7 cm³/mol. The van der Waals surface area contributed by atoms with Gasteiger partial charge in [-0.2, -0.15) is 0 Å². The van der Waals surface area contributed by atoms with Crippen LogP contribution in [0.5, 0.6) is 0 Å². The third-order valence-corrected chi connectivity index (χ3v) is 3.25. The Balaban J connectivity index is 2.04. The molecule has 0 radical (unpaired) electrons. The summed E-state index contributed by atoms with van der Waals surface area (Å²) in [5.74, 6) is -0.221. The van der Waals surface area contributed by atoms with Crippen molar-refractivity contribution >= 4 is 34.8 Å². The number of benzene rings is 1. The highest BCUT2D eigenvalue weighted by molar-refractivity contribution is 6.44. The van der Waals surface area contributed by atoms with E-state index in [1.54, 1.807) is 18.2 Å². The fourth-order valence-corrected chi connectivity index (χ4v) is 1.90. The number of amides is 1. The third kappa shape index (κ3) is 3.10. The zero-order valence-electron chi connectivity index (χ0n) is 9.00. The van der Waals surface area contributed by atoms with Crippen molar-refractivity contribution in [2.24, 2.45) is 0 Å². The summed E-state index contributed by atoms with van der Waals surface area (Å²) < 4.78 is 5.33. The molecule has 1 amide bonds. The van der Waals surface area contributed by atoms with E-state index in [-0.39, 0.29) is 5.91 Å². The van der Waals surface area contributed by atoms with E-state index in [1.807, 2.05) is 0 Å². The molecule has 2 rings (SSSR count). The summed E-state index contributed by atoms with van der Waals surface area (Å²) in [6.07, 6.45) is -0.487. The number of carbonyl (C=O) groups excluding carboxylic acids is 1. The van der Waals surface area contributed by atoms with Crippen LogP contribution in [0, 0.1) is 0 Å². The highest BCUT2D eigenvalue weighted by atomic mass is 35.5. The number of rotatable bonds is 2. The van der Waals surface area contributed by atoms with Crippen LogP contribution in [-0.4, -0.2) is 31.7 Å². The van der Waals surface area contributed by atoms with Crippen LogP contribution in [0.2, 0.25) is 10.0 Å². The maximum atomic E-state index is 11.9. The number of hydrogen-bond acceptors (Lipinski definition) is 3. The van der Waals surface area contributed by atoms with Crippen LogP contribution in [0.3, 0.4) is 0 Å². The molecule has 6 heteroatoms. The fraction of sp³-hybridized carbons (Fsp3) is 0.364. The van der Waals surface area contributed by atoms with Crippen molar-refractivity contribution < 1.29 is 9.53 Å². The molecule has 1 heterocycles. The second-order valence-electron chi connectivity index (χ2n) is 3.65. The lowest BCUT2D eigenvalue weighted by Gasteiger charge is -2.22. The summed E-state index contributed by atoms with van der Waals surface area (Å²) >= 11 is 11.8. The lowest BCUT2D eigenvalue weighted by atomic mass is 10.2. The van der Waals surface area contributed by atoms with Crippen molar-refractivity contribution in [1.29, 1.82) is 0 Å². The Morgan fingerprint density at radius 2 is 2.29 bits per heavy atom. The Kier molecular flexibility index (Phi) is 4.23. The standard InChI is InChI=1S/C11H12Cl2N2O2/c12-7-2-1-3-8(10(7)13)15-11(16)9-6-14-4-5-17-9/h1-3,9,14H,4-6H2,(H,15,16). The molecule has 1 aromatic carbocycles. The number of hydrogen-bond donors (Lipinski definition) is 2. The Hall–Kier alpha value is -0.810. The zero-order valence-corrected chi connectivity index (χ0v) is 10.5. The molecule has 4 nitrogen and oxygen atoms in total. The van der Waals surface area contributed by atoms with E-state index in [0.717, 1.165) is 6.54 Å². The van der Waals surface area contributed by atoms with Crippen LogP contribution in [-0.2, 0) is 9.53 Å². The number of anilines is 1. The average molecular weight is 275 g/mol. The van der Waals surface area contributed by atoms with E-state index in [4.69, 9.17) is 27.9 Å².